The third kappa shape index (κ3) is 4.69. The van der Waals surface area contributed by atoms with Gasteiger partial charge >= 0.3 is 0 Å². The predicted octanol–water partition coefficient (Wildman–Crippen LogP) is 4.27. The van der Waals surface area contributed by atoms with Gasteiger partial charge in [-0.2, -0.15) is 0 Å². The summed E-state index contributed by atoms with van der Waals surface area (Å²) in [7, 11) is 0. The molecule has 0 saturated heterocycles. The molecular weight excluding hydrogens is 262 g/mol. The zero-order valence-electron chi connectivity index (χ0n) is 12.5. The lowest BCUT2D eigenvalue weighted by molar-refractivity contribution is 0.747. The number of benzene rings is 2. The Bertz CT molecular complexity index is 557. The normalized spacial score (nSPS) is 12.4. The summed E-state index contributed by atoms with van der Waals surface area (Å²) in [6, 6.07) is 15.5. The largest absolute Gasteiger partial charge is 0.327 e. The van der Waals surface area contributed by atoms with Crippen LogP contribution in [0.2, 0.25) is 0 Å². The van der Waals surface area contributed by atoms with Crippen LogP contribution in [0.5, 0.6) is 0 Å². The van der Waals surface area contributed by atoms with Crippen molar-refractivity contribution < 1.29 is 0 Å². The molecule has 2 rings (SSSR count). The van der Waals surface area contributed by atoms with Crippen LogP contribution in [0, 0.1) is 20.8 Å². The molecular formula is C18H23NS. The van der Waals surface area contributed by atoms with Crippen molar-refractivity contribution in [2.45, 2.75) is 38.1 Å². The minimum Gasteiger partial charge on any atom is -0.327 e. The highest BCUT2D eigenvalue weighted by Crippen LogP contribution is 2.20. The zero-order valence-corrected chi connectivity index (χ0v) is 13.3. The van der Waals surface area contributed by atoms with E-state index in [0.29, 0.717) is 0 Å². The number of thioether (sulfide) groups is 1. The Balaban J connectivity index is 1.90. The van der Waals surface area contributed by atoms with Gasteiger partial charge in [-0.3, -0.25) is 0 Å². The van der Waals surface area contributed by atoms with Crippen LogP contribution in [0.4, 0.5) is 0 Å². The number of nitrogens with two attached hydrogens (primary N) is 1. The van der Waals surface area contributed by atoms with Crippen molar-refractivity contribution in [3.63, 3.8) is 0 Å². The molecule has 2 aromatic carbocycles. The van der Waals surface area contributed by atoms with Crippen molar-refractivity contribution in [1.82, 2.24) is 0 Å². The lowest BCUT2D eigenvalue weighted by Crippen LogP contribution is -2.25. The van der Waals surface area contributed by atoms with Crippen LogP contribution in [-0.4, -0.2) is 11.8 Å². The van der Waals surface area contributed by atoms with E-state index in [-0.39, 0.29) is 6.04 Å². The molecule has 0 bridgehead atoms. The summed E-state index contributed by atoms with van der Waals surface area (Å²) in [5.41, 5.74) is 11.6. The molecule has 0 aliphatic heterocycles. The van der Waals surface area contributed by atoms with Crippen molar-refractivity contribution in [3.8, 4) is 0 Å². The van der Waals surface area contributed by atoms with Gasteiger partial charge in [0.2, 0.25) is 0 Å². The number of aryl methyl sites for hydroxylation is 3. The Hall–Kier alpha value is -1.25. The summed E-state index contributed by atoms with van der Waals surface area (Å²) < 4.78 is 0. The standard InChI is InChI=1S/C18H23NS/c1-13-5-4-6-18(10-13)20-12-17(19)11-16-8-14(2)7-15(3)9-16/h4-10,17H,11-12,19H2,1-3H3. The number of hydrogen-bond acceptors (Lipinski definition) is 2. The van der Waals surface area contributed by atoms with Gasteiger partial charge in [-0.25, -0.2) is 0 Å². The highest BCUT2D eigenvalue weighted by Gasteiger charge is 2.06. The third-order valence-corrected chi connectivity index (χ3v) is 4.42. The van der Waals surface area contributed by atoms with Gasteiger partial charge in [0.25, 0.3) is 0 Å². The fraction of sp³-hybridized carbons (Fsp3) is 0.333. The fourth-order valence-corrected chi connectivity index (χ4v) is 3.43. The van der Waals surface area contributed by atoms with Gasteiger partial charge in [0.1, 0.15) is 0 Å². The van der Waals surface area contributed by atoms with Gasteiger partial charge in [0.05, 0.1) is 0 Å². The summed E-state index contributed by atoms with van der Waals surface area (Å²) in [4.78, 5) is 1.31. The van der Waals surface area contributed by atoms with Crippen molar-refractivity contribution in [2.24, 2.45) is 5.73 Å². The molecule has 0 radical (unpaired) electrons. The molecule has 20 heavy (non-hydrogen) atoms. The van der Waals surface area contributed by atoms with Crippen LogP contribution in [0.15, 0.2) is 47.4 Å². The number of hydrogen-bond donors (Lipinski definition) is 1. The van der Waals surface area contributed by atoms with Crippen LogP contribution in [0.1, 0.15) is 22.3 Å². The zero-order chi connectivity index (χ0) is 14.5. The van der Waals surface area contributed by atoms with Crippen LogP contribution in [0.3, 0.4) is 0 Å². The quantitative estimate of drug-likeness (QED) is 0.830. The van der Waals surface area contributed by atoms with Crippen LogP contribution < -0.4 is 5.73 Å². The average Bonchev–Trinajstić information content (AvgIpc) is 2.35. The van der Waals surface area contributed by atoms with E-state index in [4.69, 9.17) is 5.73 Å². The van der Waals surface area contributed by atoms with Crippen molar-refractivity contribution in [3.05, 3.63) is 64.7 Å². The first kappa shape index (κ1) is 15.1. The van der Waals surface area contributed by atoms with Gasteiger partial charge in [-0.05, 0) is 44.9 Å². The Labute approximate surface area is 126 Å². The van der Waals surface area contributed by atoms with E-state index in [0.717, 1.165) is 12.2 Å². The first-order valence-electron chi connectivity index (χ1n) is 7.05. The second-order valence-electron chi connectivity index (χ2n) is 5.59. The lowest BCUT2D eigenvalue weighted by Gasteiger charge is -2.13. The Morgan fingerprint density at radius 1 is 0.950 bits per heavy atom. The van der Waals surface area contributed by atoms with E-state index >= 15 is 0 Å². The molecule has 0 amide bonds. The molecule has 2 aromatic rings. The lowest BCUT2D eigenvalue weighted by atomic mass is 10.0. The second kappa shape index (κ2) is 6.96. The van der Waals surface area contributed by atoms with Gasteiger partial charge in [-0.1, -0.05) is 47.0 Å². The van der Waals surface area contributed by atoms with Gasteiger partial charge in [0, 0.05) is 16.7 Å². The first-order chi connectivity index (χ1) is 9.52. The van der Waals surface area contributed by atoms with Crippen LogP contribution in [-0.2, 0) is 6.42 Å². The third-order valence-electron chi connectivity index (χ3n) is 3.23. The molecule has 1 atom stereocenters. The van der Waals surface area contributed by atoms with Crippen LogP contribution >= 0.6 is 11.8 Å². The first-order valence-corrected chi connectivity index (χ1v) is 8.04. The topological polar surface area (TPSA) is 26.0 Å². The maximum Gasteiger partial charge on any atom is 0.0174 e. The summed E-state index contributed by atoms with van der Waals surface area (Å²) in [6.45, 7) is 6.41. The maximum atomic E-state index is 6.27. The van der Waals surface area contributed by atoms with E-state index in [1.165, 1.54) is 27.1 Å². The summed E-state index contributed by atoms with van der Waals surface area (Å²) in [5, 5.41) is 0. The van der Waals surface area contributed by atoms with Gasteiger partial charge in [0.15, 0.2) is 0 Å². The molecule has 2 heteroatoms. The van der Waals surface area contributed by atoms with Crippen molar-refractivity contribution in [2.75, 3.05) is 5.75 Å². The minimum atomic E-state index is 0.196. The summed E-state index contributed by atoms with van der Waals surface area (Å²) >= 11 is 1.85. The molecule has 1 unspecified atom stereocenters. The Morgan fingerprint density at radius 2 is 1.65 bits per heavy atom. The minimum absolute atomic E-state index is 0.196. The predicted molar refractivity (Wildman–Crippen MR) is 89.5 cm³/mol. The van der Waals surface area contributed by atoms with Crippen molar-refractivity contribution >= 4 is 11.8 Å². The molecule has 2 N–H and O–H groups in total. The van der Waals surface area contributed by atoms with E-state index in [2.05, 4.69) is 63.2 Å². The summed E-state index contributed by atoms with van der Waals surface area (Å²) in [6.07, 6.45) is 0.946. The van der Waals surface area contributed by atoms with Gasteiger partial charge in [-0.15, -0.1) is 11.8 Å². The van der Waals surface area contributed by atoms with E-state index in [1.807, 2.05) is 11.8 Å². The monoisotopic (exact) mass is 285 g/mol. The highest BCUT2D eigenvalue weighted by atomic mass is 32.2. The Morgan fingerprint density at radius 3 is 2.30 bits per heavy atom. The van der Waals surface area contributed by atoms with E-state index < -0.39 is 0 Å². The molecule has 0 spiro atoms. The number of rotatable bonds is 5. The Kier molecular flexibility index (Phi) is 5.27. The average molecular weight is 285 g/mol. The molecule has 0 aromatic heterocycles. The fourth-order valence-electron chi connectivity index (χ4n) is 2.46. The molecule has 0 fully saturated rings. The highest BCUT2D eigenvalue weighted by molar-refractivity contribution is 7.99. The SMILES string of the molecule is Cc1cc(C)cc(CC(N)CSc2cccc(C)c2)c1. The summed E-state index contributed by atoms with van der Waals surface area (Å²) in [5.74, 6) is 0.955. The van der Waals surface area contributed by atoms with E-state index in [1.54, 1.807) is 0 Å². The smallest absolute Gasteiger partial charge is 0.0174 e. The molecule has 0 aliphatic rings. The van der Waals surface area contributed by atoms with Crippen LogP contribution in [0.25, 0.3) is 0 Å². The van der Waals surface area contributed by atoms with Crippen molar-refractivity contribution in [1.29, 1.82) is 0 Å². The molecule has 0 aliphatic carbocycles. The van der Waals surface area contributed by atoms with E-state index in [9.17, 15) is 0 Å². The molecule has 0 heterocycles. The maximum absolute atomic E-state index is 6.27. The molecule has 1 nitrogen and oxygen atoms in total. The second-order valence-corrected chi connectivity index (χ2v) is 6.68. The van der Waals surface area contributed by atoms with Gasteiger partial charge < -0.3 is 5.73 Å². The molecule has 106 valence electrons. The molecule has 0 saturated carbocycles.